The number of aryl methyl sites for hydroxylation is 2. The van der Waals surface area contributed by atoms with Gasteiger partial charge in [-0.05, 0) is 61.4 Å². The average Bonchev–Trinajstić information content (AvgIpc) is 3.15. The standard InChI is InChI=1S/C23H22N4O3S2/c1-3-16-6-8-17(9-7-16)24-22(28)25-18-10-13-20-21(14-18)31-23(26-20)27-32(29,30)19-11-4-15(2)5-12-19/h4-14H,3H2,1-2H3,(H,26,27)(H2,24,25,28). The average molecular weight is 467 g/mol. The molecule has 0 aliphatic heterocycles. The molecule has 164 valence electrons. The maximum atomic E-state index is 12.6. The number of fused-ring (bicyclic) bond motifs is 1. The van der Waals surface area contributed by atoms with Crippen molar-refractivity contribution in [1.82, 2.24) is 4.98 Å². The molecule has 0 spiro atoms. The Bertz CT molecular complexity index is 1360. The number of aromatic nitrogens is 1. The van der Waals surface area contributed by atoms with E-state index < -0.39 is 10.0 Å². The number of hydrogen-bond acceptors (Lipinski definition) is 5. The number of rotatable bonds is 6. The van der Waals surface area contributed by atoms with E-state index in [4.69, 9.17) is 0 Å². The van der Waals surface area contributed by atoms with Gasteiger partial charge in [0.25, 0.3) is 10.0 Å². The van der Waals surface area contributed by atoms with Crippen LogP contribution in [-0.4, -0.2) is 19.4 Å². The maximum Gasteiger partial charge on any atom is 0.323 e. The number of carbonyl (C=O) groups is 1. The number of nitrogens with zero attached hydrogens (tertiary/aromatic N) is 1. The van der Waals surface area contributed by atoms with Gasteiger partial charge in [0.15, 0.2) is 5.13 Å². The SMILES string of the molecule is CCc1ccc(NC(=O)Nc2ccc3nc(NS(=O)(=O)c4ccc(C)cc4)sc3c2)cc1. The van der Waals surface area contributed by atoms with E-state index in [1.165, 1.54) is 16.9 Å². The first-order chi connectivity index (χ1) is 15.3. The number of sulfonamides is 1. The molecule has 0 aliphatic rings. The van der Waals surface area contributed by atoms with Crippen LogP contribution in [-0.2, 0) is 16.4 Å². The Morgan fingerprint density at radius 2 is 1.59 bits per heavy atom. The third kappa shape index (κ3) is 5.06. The van der Waals surface area contributed by atoms with Crippen molar-refractivity contribution in [3.63, 3.8) is 0 Å². The van der Waals surface area contributed by atoms with Crippen LogP contribution in [0.3, 0.4) is 0 Å². The van der Waals surface area contributed by atoms with Crippen LogP contribution in [0.5, 0.6) is 0 Å². The molecule has 9 heteroatoms. The van der Waals surface area contributed by atoms with Gasteiger partial charge in [0, 0.05) is 11.4 Å². The third-order valence-electron chi connectivity index (χ3n) is 4.82. The predicted octanol–water partition coefficient (Wildman–Crippen LogP) is 5.61. The topological polar surface area (TPSA) is 100 Å². The molecule has 3 aromatic carbocycles. The molecule has 7 nitrogen and oxygen atoms in total. The van der Waals surface area contributed by atoms with Gasteiger partial charge in [-0.3, -0.25) is 4.72 Å². The first-order valence-electron chi connectivity index (χ1n) is 9.99. The molecule has 3 N–H and O–H groups in total. The molecule has 0 atom stereocenters. The molecule has 4 rings (SSSR count). The van der Waals surface area contributed by atoms with E-state index in [0.29, 0.717) is 16.9 Å². The van der Waals surface area contributed by atoms with Crippen LogP contribution in [0.1, 0.15) is 18.1 Å². The van der Waals surface area contributed by atoms with Crippen molar-refractivity contribution in [2.45, 2.75) is 25.2 Å². The van der Waals surface area contributed by atoms with Gasteiger partial charge in [-0.25, -0.2) is 18.2 Å². The molecule has 0 bridgehead atoms. The number of amides is 2. The summed E-state index contributed by atoms with van der Waals surface area (Å²) in [6.45, 7) is 3.97. The lowest BCUT2D eigenvalue weighted by Crippen LogP contribution is -2.19. The predicted molar refractivity (Wildman–Crippen MR) is 130 cm³/mol. The van der Waals surface area contributed by atoms with Crippen molar-refractivity contribution >= 4 is 54.1 Å². The van der Waals surface area contributed by atoms with Gasteiger partial charge < -0.3 is 10.6 Å². The minimum atomic E-state index is -3.73. The molecule has 0 saturated carbocycles. The summed E-state index contributed by atoms with van der Waals surface area (Å²) in [6.07, 6.45) is 0.935. The van der Waals surface area contributed by atoms with Gasteiger partial charge in [0.2, 0.25) is 0 Å². The lowest BCUT2D eigenvalue weighted by atomic mass is 10.1. The number of thiazole rings is 1. The first kappa shape index (κ1) is 21.8. The highest BCUT2D eigenvalue weighted by Gasteiger charge is 2.16. The van der Waals surface area contributed by atoms with E-state index in [1.54, 1.807) is 42.5 Å². The second-order valence-electron chi connectivity index (χ2n) is 7.25. The van der Waals surface area contributed by atoms with Crippen LogP contribution in [0.25, 0.3) is 10.2 Å². The van der Waals surface area contributed by atoms with Crippen molar-refractivity contribution < 1.29 is 13.2 Å². The van der Waals surface area contributed by atoms with Crippen molar-refractivity contribution in [1.29, 1.82) is 0 Å². The second-order valence-corrected chi connectivity index (χ2v) is 9.96. The van der Waals surface area contributed by atoms with Crippen LogP contribution in [0.4, 0.5) is 21.3 Å². The van der Waals surface area contributed by atoms with Crippen LogP contribution in [0.15, 0.2) is 71.6 Å². The summed E-state index contributed by atoms with van der Waals surface area (Å²) >= 11 is 1.20. The lowest BCUT2D eigenvalue weighted by molar-refractivity contribution is 0.262. The van der Waals surface area contributed by atoms with E-state index in [0.717, 1.165) is 16.7 Å². The highest BCUT2D eigenvalue weighted by atomic mass is 32.2. The normalized spacial score (nSPS) is 11.3. The molecule has 1 heterocycles. The van der Waals surface area contributed by atoms with Crippen LogP contribution < -0.4 is 15.4 Å². The minimum absolute atomic E-state index is 0.174. The summed E-state index contributed by atoms with van der Waals surface area (Å²) in [5.41, 5.74) is 4.09. The first-order valence-corrected chi connectivity index (χ1v) is 12.3. The van der Waals surface area contributed by atoms with Crippen molar-refractivity contribution in [2.75, 3.05) is 15.4 Å². The molecule has 0 aliphatic carbocycles. The fourth-order valence-electron chi connectivity index (χ4n) is 3.05. The second kappa shape index (κ2) is 8.97. The maximum absolute atomic E-state index is 12.6. The van der Waals surface area contributed by atoms with E-state index in [-0.39, 0.29) is 16.1 Å². The summed E-state index contributed by atoms with van der Waals surface area (Å²) in [7, 11) is -3.73. The number of benzene rings is 3. The van der Waals surface area contributed by atoms with Crippen LogP contribution >= 0.6 is 11.3 Å². The van der Waals surface area contributed by atoms with Gasteiger partial charge in [0.05, 0.1) is 15.1 Å². The fraction of sp³-hybridized carbons (Fsp3) is 0.130. The van der Waals surface area contributed by atoms with Crippen LogP contribution in [0, 0.1) is 6.92 Å². The third-order valence-corrected chi connectivity index (χ3v) is 7.24. The van der Waals surface area contributed by atoms with Gasteiger partial charge in [-0.15, -0.1) is 0 Å². The fourth-order valence-corrected chi connectivity index (χ4v) is 5.19. The number of hydrogen-bond donors (Lipinski definition) is 3. The van der Waals surface area contributed by atoms with Crippen molar-refractivity contribution in [2.24, 2.45) is 0 Å². The summed E-state index contributed by atoms with van der Waals surface area (Å²) in [5, 5.41) is 5.85. The van der Waals surface area contributed by atoms with Gasteiger partial charge in [-0.1, -0.05) is 48.1 Å². The molecule has 4 aromatic rings. The van der Waals surface area contributed by atoms with E-state index >= 15 is 0 Å². The number of carbonyl (C=O) groups excluding carboxylic acids is 1. The monoisotopic (exact) mass is 466 g/mol. The van der Waals surface area contributed by atoms with Crippen LogP contribution in [0.2, 0.25) is 0 Å². The molecule has 0 unspecified atom stereocenters. The van der Waals surface area contributed by atoms with Crippen molar-refractivity contribution in [3.05, 3.63) is 77.9 Å². The summed E-state index contributed by atoms with van der Waals surface area (Å²) in [4.78, 5) is 16.8. The quantitative estimate of drug-likeness (QED) is 0.344. The number of nitrogens with one attached hydrogen (secondary N) is 3. The molecular formula is C23H22N4O3S2. The lowest BCUT2D eigenvalue weighted by Gasteiger charge is -2.08. The Balaban J connectivity index is 1.46. The summed E-state index contributed by atoms with van der Waals surface area (Å²) < 4.78 is 28.5. The zero-order valence-corrected chi connectivity index (χ0v) is 19.2. The molecule has 1 aromatic heterocycles. The van der Waals surface area contributed by atoms with E-state index in [1.807, 2.05) is 31.2 Å². The highest BCUT2D eigenvalue weighted by Crippen LogP contribution is 2.30. The Hall–Kier alpha value is -3.43. The van der Waals surface area contributed by atoms with E-state index in [9.17, 15) is 13.2 Å². The Kier molecular flexibility index (Phi) is 6.11. The molecule has 0 saturated heterocycles. The van der Waals surface area contributed by atoms with Gasteiger partial charge >= 0.3 is 6.03 Å². The van der Waals surface area contributed by atoms with Gasteiger partial charge in [-0.2, -0.15) is 0 Å². The van der Waals surface area contributed by atoms with Crippen molar-refractivity contribution in [3.8, 4) is 0 Å². The molecule has 2 amide bonds. The zero-order valence-electron chi connectivity index (χ0n) is 17.5. The molecule has 32 heavy (non-hydrogen) atoms. The van der Waals surface area contributed by atoms with E-state index in [2.05, 4.69) is 27.3 Å². The zero-order chi connectivity index (χ0) is 22.7. The molecule has 0 fully saturated rings. The Labute approximate surface area is 190 Å². The summed E-state index contributed by atoms with van der Waals surface area (Å²) in [5.74, 6) is 0. The number of urea groups is 1. The molecule has 0 radical (unpaired) electrons. The molecular weight excluding hydrogens is 444 g/mol. The van der Waals surface area contributed by atoms with Gasteiger partial charge in [0.1, 0.15) is 0 Å². The smallest absolute Gasteiger partial charge is 0.308 e. The highest BCUT2D eigenvalue weighted by molar-refractivity contribution is 7.93. The number of anilines is 3. The Morgan fingerprint density at radius 1 is 0.938 bits per heavy atom. The minimum Gasteiger partial charge on any atom is -0.308 e. The summed E-state index contributed by atoms with van der Waals surface area (Å²) in [6, 6.07) is 19.1. The largest absolute Gasteiger partial charge is 0.323 e. The Morgan fingerprint density at radius 3 is 2.28 bits per heavy atom.